The summed E-state index contributed by atoms with van der Waals surface area (Å²) in [4.78, 5) is 4.41. The summed E-state index contributed by atoms with van der Waals surface area (Å²) in [5, 5.41) is 0.617. The number of hydrogen-bond donors (Lipinski definition) is 1. The van der Waals surface area contributed by atoms with E-state index in [1.54, 1.807) is 36.5 Å². The van der Waals surface area contributed by atoms with E-state index in [9.17, 15) is 8.42 Å². The van der Waals surface area contributed by atoms with E-state index in [2.05, 4.69) is 9.71 Å². The normalized spacial score (nSPS) is 12.8. The van der Waals surface area contributed by atoms with Crippen molar-refractivity contribution in [3.63, 3.8) is 0 Å². The van der Waals surface area contributed by atoms with Gasteiger partial charge in [0.15, 0.2) is 0 Å². The summed E-state index contributed by atoms with van der Waals surface area (Å²) >= 11 is 5.82. The molecule has 0 aliphatic carbocycles. The minimum absolute atomic E-state index is 0.244. The lowest BCUT2D eigenvalue weighted by Crippen LogP contribution is -2.35. The van der Waals surface area contributed by atoms with Crippen LogP contribution in [0.1, 0.15) is 13.8 Å². The second kappa shape index (κ2) is 5.68. The number of nitrogens with one attached hydrogen (secondary N) is 1. The van der Waals surface area contributed by atoms with Crippen LogP contribution in [0.4, 0.5) is 0 Å². The Balaban J connectivity index is 2.38. The smallest absolute Gasteiger partial charge is 0.241 e. The van der Waals surface area contributed by atoms with Gasteiger partial charge in [0.25, 0.3) is 0 Å². The fourth-order valence-electron chi connectivity index (χ4n) is 1.72. The molecule has 0 saturated carbocycles. The highest BCUT2D eigenvalue weighted by molar-refractivity contribution is 7.89. The van der Waals surface area contributed by atoms with Gasteiger partial charge in [-0.05, 0) is 29.7 Å². The zero-order valence-electron chi connectivity index (χ0n) is 11.4. The Morgan fingerprint density at radius 2 is 2.00 bits per heavy atom. The third-order valence-electron chi connectivity index (χ3n) is 3.00. The molecule has 2 aromatic rings. The molecule has 0 saturated heterocycles. The number of nitrogens with zero attached hydrogens (tertiary/aromatic N) is 1. The Labute approximate surface area is 124 Å². The van der Waals surface area contributed by atoms with Gasteiger partial charge >= 0.3 is 0 Å². The SMILES string of the molecule is CC(C)(CCl)CNS(=O)(=O)c1cccc2ncccc12. The molecule has 0 fully saturated rings. The van der Waals surface area contributed by atoms with Gasteiger partial charge in [-0.3, -0.25) is 4.98 Å². The van der Waals surface area contributed by atoms with Crippen molar-refractivity contribution in [1.29, 1.82) is 0 Å². The van der Waals surface area contributed by atoms with Crippen LogP contribution in [0.15, 0.2) is 41.4 Å². The van der Waals surface area contributed by atoms with Crippen molar-refractivity contribution in [2.45, 2.75) is 18.7 Å². The Morgan fingerprint density at radius 1 is 1.25 bits per heavy atom. The number of hydrogen-bond acceptors (Lipinski definition) is 3. The van der Waals surface area contributed by atoms with Crippen molar-refractivity contribution in [1.82, 2.24) is 9.71 Å². The number of alkyl halides is 1. The van der Waals surface area contributed by atoms with E-state index in [1.807, 2.05) is 13.8 Å². The number of fused-ring (bicyclic) bond motifs is 1. The average Bonchev–Trinajstić information content (AvgIpc) is 2.45. The zero-order valence-corrected chi connectivity index (χ0v) is 13.0. The summed E-state index contributed by atoms with van der Waals surface area (Å²) in [6, 6.07) is 8.54. The number of benzene rings is 1. The van der Waals surface area contributed by atoms with E-state index in [-0.39, 0.29) is 16.9 Å². The fraction of sp³-hybridized carbons (Fsp3) is 0.357. The third-order valence-corrected chi connectivity index (χ3v) is 5.18. The number of sulfonamides is 1. The van der Waals surface area contributed by atoms with Crippen LogP contribution in [0.3, 0.4) is 0 Å². The van der Waals surface area contributed by atoms with Crippen molar-refractivity contribution in [2.75, 3.05) is 12.4 Å². The molecule has 6 heteroatoms. The van der Waals surface area contributed by atoms with Crippen LogP contribution in [0.2, 0.25) is 0 Å². The lowest BCUT2D eigenvalue weighted by molar-refractivity contribution is 0.414. The number of pyridine rings is 1. The maximum Gasteiger partial charge on any atom is 0.241 e. The van der Waals surface area contributed by atoms with Gasteiger partial charge in [0.2, 0.25) is 10.0 Å². The molecule has 1 aromatic heterocycles. The second-order valence-electron chi connectivity index (χ2n) is 5.45. The van der Waals surface area contributed by atoms with Gasteiger partial charge < -0.3 is 0 Å². The molecule has 0 aliphatic heterocycles. The topological polar surface area (TPSA) is 59.1 Å². The molecule has 1 heterocycles. The van der Waals surface area contributed by atoms with Gasteiger partial charge in [0.1, 0.15) is 0 Å². The Hall–Kier alpha value is -1.17. The molecular weight excluding hydrogens is 296 g/mol. The molecule has 0 radical (unpaired) electrons. The molecule has 0 atom stereocenters. The van der Waals surface area contributed by atoms with Crippen LogP contribution in [-0.2, 0) is 10.0 Å². The van der Waals surface area contributed by atoms with Crippen molar-refractivity contribution in [2.24, 2.45) is 5.41 Å². The van der Waals surface area contributed by atoms with E-state index in [1.165, 1.54) is 0 Å². The molecule has 1 aromatic carbocycles. The summed E-state index contributed by atoms with van der Waals surface area (Å²) in [6.07, 6.45) is 1.64. The number of aromatic nitrogens is 1. The zero-order chi connectivity index (χ0) is 14.8. The van der Waals surface area contributed by atoms with Gasteiger partial charge in [-0.1, -0.05) is 19.9 Å². The summed E-state index contributed by atoms with van der Waals surface area (Å²) in [7, 11) is -3.58. The average molecular weight is 313 g/mol. The molecule has 0 bridgehead atoms. The highest BCUT2D eigenvalue weighted by atomic mass is 35.5. The molecule has 4 nitrogen and oxygen atoms in total. The standard InChI is InChI=1S/C14H17ClN2O2S/c1-14(2,9-15)10-17-20(18,19)13-7-3-6-12-11(13)5-4-8-16-12/h3-8,17H,9-10H2,1-2H3. The molecule has 20 heavy (non-hydrogen) atoms. The predicted molar refractivity (Wildman–Crippen MR) is 81.4 cm³/mol. The maximum atomic E-state index is 12.4. The number of rotatable bonds is 5. The molecule has 0 unspecified atom stereocenters. The highest BCUT2D eigenvalue weighted by Gasteiger charge is 2.22. The minimum Gasteiger partial charge on any atom is -0.256 e. The Morgan fingerprint density at radius 3 is 2.70 bits per heavy atom. The first-order valence-corrected chi connectivity index (χ1v) is 8.27. The van der Waals surface area contributed by atoms with Crippen LogP contribution in [0.5, 0.6) is 0 Å². The van der Waals surface area contributed by atoms with E-state index < -0.39 is 10.0 Å². The van der Waals surface area contributed by atoms with E-state index >= 15 is 0 Å². The Kier molecular flexibility index (Phi) is 4.32. The van der Waals surface area contributed by atoms with E-state index in [4.69, 9.17) is 11.6 Å². The first kappa shape index (κ1) is 15.2. The minimum atomic E-state index is -3.58. The van der Waals surface area contributed by atoms with E-state index in [0.29, 0.717) is 16.8 Å². The van der Waals surface area contributed by atoms with E-state index in [0.717, 1.165) is 0 Å². The molecule has 108 valence electrons. The third kappa shape index (κ3) is 3.29. The molecule has 0 aliphatic rings. The summed E-state index contributed by atoms with van der Waals surface area (Å²) in [5.41, 5.74) is 0.365. The lowest BCUT2D eigenvalue weighted by atomic mass is 9.97. The van der Waals surface area contributed by atoms with Crippen molar-refractivity contribution >= 4 is 32.5 Å². The van der Waals surface area contributed by atoms with Crippen molar-refractivity contribution in [3.05, 3.63) is 36.5 Å². The van der Waals surface area contributed by atoms with Crippen LogP contribution < -0.4 is 4.72 Å². The molecule has 2 rings (SSSR count). The molecule has 1 N–H and O–H groups in total. The quantitative estimate of drug-likeness (QED) is 0.864. The van der Waals surface area contributed by atoms with Gasteiger partial charge in [0, 0.05) is 24.0 Å². The summed E-state index contributed by atoms with van der Waals surface area (Å²) in [6.45, 7) is 4.11. The fourth-order valence-corrected chi connectivity index (χ4v) is 3.28. The van der Waals surface area contributed by atoms with Crippen LogP contribution in [0, 0.1) is 5.41 Å². The van der Waals surface area contributed by atoms with Crippen molar-refractivity contribution in [3.8, 4) is 0 Å². The largest absolute Gasteiger partial charge is 0.256 e. The second-order valence-corrected chi connectivity index (χ2v) is 7.45. The van der Waals surface area contributed by atoms with Crippen LogP contribution in [0.25, 0.3) is 10.9 Å². The van der Waals surface area contributed by atoms with Crippen LogP contribution >= 0.6 is 11.6 Å². The highest BCUT2D eigenvalue weighted by Crippen LogP contribution is 2.22. The molecule has 0 amide bonds. The molecular formula is C14H17ClN2O2S. The van der Waals surface area contributed by atoms with Gasteiger partial charge in [-0.15, -0.1) is 11.6 Å². The van der Waals surface area contributed by atoms with Gasteiger partial charge in [-0.2, -0.15) is 0 Å². The maximum absolute atomic E-state index is 12.4. The monoisotopic (exact) mass is 312 g/mol. The Bertz CT molecular complexity index is 709. The van der Waals surface area contributed by atoms with Gasteiger partial charge in [0.05, 0.1) is 10.4 Å². The van der Waals surface area contributed by atoms with Crippen LogP contribution in [-0.4, -0.2) is 25.8 Å². The molecule has 0 spiro atoms. The lowest BCUT2D eigenvalue weighted by Gasteiger charge is -2.21. The first-order chi connectivity index (χ1) is 9.36. The first-order valence-electron chi connectivity index (χ1n) is 6.25. The predicted octanol–water partition coefficient (Wildman–Crippen LogP) is 2.78. The summed E-state index contributed by atoms with van der Waals surface area (Å²) in [5.74, 6) is 0.382. The summed E-state index contributed by atoms with van der Waals surface area (Å²) < 4.78 is 27.5. The van der Waals surface area contributed by atoms with Crippen molar-refractivity contribution < 1.29 is 8.42 Å². The number of halogens is 1. The van der Waals surface area contributed by atoms with Gasteiger partial charge in [-0.25, -0.2) is 13.1 Å².